The maximum absolute atomic E-state index is 13.0. The zero-order chi connectivity index (χ0) is 21.7. The third kappa shape index (κ3) is 4.22. The van der Waals surface area contributed by atoms with Crippen LogP contribution in [0.2, 0.25) is 0 Å². The lowest BCUT2D eigenvalue weighted by Crippen LogP contribution is -2.19. The van der Waals surface area contributed by atoms with Crippen molar-refractivity contribution < 1.29 is 28.5 Å². The van der Waals surface area contributed by atoms with Crippen molar-refractivity contribution in [2.75, 3.05) is 35.0 Å². The summed E-state index contributed by atoms with van der Waals surface area (Å²) in [6.07, 6.45) is 0. The van der Waals surface area contributed by atoms with Crippen molar-refractivity contribution in [3.8, 4) is 11.5 Å². The molecular weight excluding hydrogens is 408 g/mol. The van der Waals surface area contributed by atoms with Crippen LogP contribution in [0, 0.1) is 0 Å². The molecule has 8 nitrogen and oxygen atoms in total. The molecule has 0 fully saturated rings. The largest absolute Gasteiger partial charge is 0.493 e. The van der Waals surface area contributed by atoms with Crippen molar-refractivity contribution in [1.29, 1.82) is 0 Å². The van der Waals surface area contributed by atoms with E-state index >= 15 is 0 Å². The highest BCUT2D eigenvalue weighted by Gasteiger charge is 2.17. The fourth-order valence-electron chi connectivity index (χ4n) is 3.00. The van der Waals surface area contributed by atoms with Crippen molar-refractivity contribution in [1.82, 2.24) is 4.57 Å². The number of nitrogens with zero attached hydrogens (tertiary/aromatic N) is 2. The Kier molecular flexibility index (Phi) is 6.86. The van der Waals surface area contributed by atoms with Crippen LogP contribution in [0.15, 0.2) is 41.4 Å². The second-order valence-electron chi connectivity index (χ2n) is 6.16. The van der Waals surface area contributed by atoms with Gasteiger partial charge in [0, 0.05) is 13.7 Å². The summed E-state index contributed by atoms with van der Waals surface area (Å²) in [5.74, 6) is -0.114. The Morgan fingerprint density at radius 3 is 2.53 bits per heavy atom. The predicted molar refractivity (Wildman–Crippen MR) is 112 cm³/mol. The number of para-hydroxylation sites is 1. The van der Waals surface area contributed by atoms with Crippen molar-refractivity contribution in [3.63, 3.8) is 0 Å². The topological polar surface area (TPSA) is 88.4 Å². The number of carbonyl (C=O) groups is 2. The predicted octanol–water partition coefficient (Wildman–Crippen LogP) is 2.89. The van der Waals surface area contributed by atoms with Gasteiger partial charge in [0.15, 0.2) is 16.3 Å². The molecule has 2 aromatic carbocycles. The van der Waals surface area contributed by atoms with Gasteiger partial charge in [-0.25, -0.2) is 4.79 Å². The van der Waals surface area contributed by atoms with Crippen LogP contribution >= 0.6 is 11.3 Å². The zero-order valence-corrected chi connectivity index (χ0v) is 17.9. The number of rotatable bonds is 7. The lowest BCUT2D eigenvalue weighted by molar-refractivity contribution is 0.0600. The smallest absolute Gasteiger partial charge is 0.337 e. The van der Waals surface area contributed by atoms with E-state index in [9.17, 15) is 9.59 Å². The quantitative estimate of drug-likeness (QED) is 0.536. The molecule has 0 aliphatic rings. The monoisotopic (exact) mass is 430 g/mol. The highest BCUT2D eigenvalue weighted by molar-refractivity contribution is 7.16. The SMILES string of the molecule is COCCn1c(=NC(=O)c2cccc(OC)c2OC)sc2cc(C(=O)OC)ccc21. The number of ether oxygens (including phenoxy) is 4. The minimum absolute atomic E-state index is 0.294. The van der Waals surface area contributed by atoms with Crippen LogP contribution in [0.3, 0.4) is 0 Å². The first kappa shape index (κ1) is 21.5. The lowest BCUT2D eigenvalue weighted by atomic mass is 10.2. The van der Waals surface area contributed by atoms with E-state index < -0.39 is 11.9 Å². The molecule has 0 unspecified atom stereocenters. The van der Waals surface area contributed by atoms with Gasteiger partial charge in [0.1, 0.15) is 0 Å². The van der Waals surface area contributed by atoms with Crippen LogP contribution in [0.4, 0.5) is 0 Å². The maximum atomic E-state index is 13.0. The van der Waals surface area contributed by atoms with E-state index in [1.165, 1.54) is 32.7 Å². The van der Waals surface area contributed by atoms with Gasteiger partial charge in [0.2, 0.25) is 0 Å². The van der Waals surface area contributed by atoms with Crippen molar-refractivity contribution in [3.05, 3.63) is 52.3 Å². The van der Waals surface area contributed by atoms with E-state index in [2.05, 4.69) is 4.99 Å². The highest BCUT2D eigenvalue weighted by atomic mass is 32.1. The number of methoxy groups -OCH3 is 4. The summed E-state index contributed by atoms with van der Waals surface area (Å²) in [7, 11) is 5.92. The summed E-state index contributed by atoms with van der Waals surface area (Å²) >= 11 is 1.30. The Labute approximate surface area is 177 Å². The molecular formula is C21H22N2O6S. The number of fused-ring (bicyclic) bond motifs is 1. The molecule has 0 spiro atoms. The van der Waals surface area contributed by atoms with E-state index in [1.54, 1.807) is 37.4 Å². The highest BCUT2D eigenvalue weighted by Crippen LogP contribution is 2.31. The van der Waals surface area contributed by atoms with Gasteiger partial charge in [-0.1, -0.05) is 17.4 Å². The number of esters is 1. The minimum Gasteiger partial charge on any atom is -0.493 e. The van der Waals surface area contributed by atoms with Gasteiger partial charge in [-0.3, -0.25) is 4.79 Å². The Bertz CT molecular complexity index is 1150. The fraction of sp³-hybridized carbons (Fsp3) is 0.286. The van der Waals surface area contributed by atoms with E-state index in [0.717, 1.165) is 10.2 Å². The van der Waals surface area contributed by atoms with Gasteiger partial charge in [-0.05, 0) is 30.3 Å². The van der Waals surface area contributed by atoms with Crippen molar-refractivity contribution in [2.24, 2.45) is 4.99 Å². The molecule has 0 bridgehead atoms. The molecule has 3 rings (SSSR count). The van der Waals surface area contributed by atoms with E-state index in [1.807, 2.05) is 10.6 Å². The van der Waals surface area contributed by atoms with E-state index in [0.29, 0.717) is 40.6 Å². The molecule has 0 atom stereocenters. The third-order valence-electron chi connectivity index (χ3n) is 4.45. The molecule has 0 aliphatic heterocycles. The number of amides is 1. The summed E-state index contributed by atoms with van der Waals surface area (Å²) in [5.41, 5.74) is 1.56. The average Bonchev–Trinajstić information content (AvgIpc) is 3.12. The summed E-state index contributed by atoms with van der Waals surface area (Å²) < 4.78 is 23.3. The van der Waals surface area contributed by atoms with Crippen LogP contribution in [0.5, 0.6) is 11.5 Å². The van der Waals surface area contributed by atoms with Gasteiger partial charge in [0.25, 0.3) is 5.91 Å². The van der Waals surface area contributed by atoms with E-state index in [4.69, 9.17) is 18.9 Å². The first-order valence-electron chi connectivity index (χ1n) is 9.04. The van der Waals surface area contributed by atoms with Gasteiger partial charge < -0.3 is 23.5 Å². The zero-order valence-electron chi connectivity index (χ0n) is 17.1. The number of benzene rings is 2. The Morgan fingerprint density at radius 2 is 1.87 bits per heavy atom. The number of hydrogen-bond donors (Lipinski definition) is 0. The molecule has 1 amide bonds. The van der Waals surface area contributed by atoms with Gasteiger partial charge in [-0.15, -0.1) is 0 Å². The van der Waals surface area contributed by atoms with Gasteiger partial charge >= 0.3 is 5.97 Å². The molecule has 30 heavy (non-hydrogen) atoms. The second kappa shape index (κ2) is 9.55. The molecule has 0 aliphatic carbocycles. The molecule has 3 aromatic rings. The van der Waals surface area contributed by atoms with Gasteiger partial charge in [0.05, 0.1) is 49.3 Å². The van der Waals surface area contributed by atoms with Crippen LogP contribution in [-0.2, 0) is 16.0 Å². The summed E-state index contributed by atoms with van der Waals surface area (Å²) in [5, 5.41) is 0. The number of aromatic nitrogens is 1. The first-order chi connectivity index (χ1) is 14.5. The molecule has 158 valence electrons. The normalized spacial score (nSPS) is 11.5. The Balaban J connectivity index is 2.15. The van der Waals surface area contributed by atoms with Crippen LogP contribution in [-0.4, -0.2) is 51.5 Å². The Hall–Kier alpha value is -3.17. The number of hydrogen-bond acceptors (Lipinski definition) is 7. The summed E-state index contributed by atoms with van der Waals surface area (Å²) in [6, 6.07) is 10.3. The molecule has 0 N–H and O–H groups in total. The van der Waals surface area contributed by atoms with Crippen LogP contribution in [0.1, 0.15) is 20.7 Å². The van der Waals surface area contributed by atoms with Crippen molar-refractivity contribution >= 4 is 33.4 Å². The van der Waals surface area contributed by atoms with Crippen LogP contribution < -0.4 is 14.3 Å². The van der Waals surface area contributed by atoms with Crippen molar-refractivity contribution in [2.45, 2.75) is 6.54 Å². The fourth-order valence-corrected chi connectivity index (χ4v) is 4.10. The van der Waals surface area contributed by atoms with Gasteiger partial charge in [-0.2, -0.15) is 4.99 Å². The summed E-state index contributed by atoms with van der Waals surface area (Å²) in [4.78, 5) is 29.7. The lowest BCUT2D eigenvalue weighted by Gasteiger charge is -2.10. The second-order valence-corrected chi connectivity index (χ2v) is 7.17. The molecule has 0 radical (unpaired) electrons. The third-order valence-corrected chi connectivity index (χ3v) is 5.49. The molecule has 0 saturated carbocycles. The maximum Gasteiger partial charge on any atom is 0.337 e. The molecule has 0 saturated heterocycles. The molecule has 1 heterocycles. The summed E-state index contributed by atoms with van der Waals surface area (Å²) in [6.45, 7) is 0.934. The molecule has 9 heteroatoms. The number of carbonyl (C=O) groups excluding carboxylic acids is 2. The minimum atomic E-state index is -0.461. The van der Waals surface area contributed by atoms with E-state index in [-0.39, 0.29) is 0 Å². The van der Waals surface area contributed by atoms with Crippen LogP contribution in [0.25, 0.3) is 10.2 Å². The average molecular weight is 430 g/mol. The Morgan fingerprint density at radius 1 is 1.07 bits per heavy atom. The first-order valence-corrected chi connectivity index (χ1v) is 9.86. The molecule has 1 aromatic heterocycles. The number of thiazole rings is 1. The standard InChI is InChI=1S/C21H22N2O6S/c1-26-11-10-23-15-9-8-13(20(25)29-4)12-17(15)30-21(23)22-19(24)14-6-5-7-16(27-2)18(14)28-3/h5-9,12H,10-11H2,1-4H3.